The highest BCUT2D eigenvalue weighted by Gasteiger charge is 2.19. The maximum absolute atomic E-state index is 12.0. The third-order valence-electron chi connectivity index (χ3n) is 3.59. The molecule has 0 radical (unpaired) electrons. The molecule has 0 aliphatic heterocycles. The zero-order valence-electron chi connectivity index (χ0n) is 11.8. The number of benzene rings is 1. The van der Waals surface area contributed by atoms with Crippen molar-refractivity contribution in [1.82, 2.24) is 4.72 Å². The minimum absolute atomic E-state index is 0.210. The van der Waals surface area contributed by atoms with E-state index in [1.165, 1.54) is 0 Å². The Morgan fingerprint density at radius 3 is 2.43 bits per heavy atom. The van der Waals surface area contributed by atoms with Crippen molar-refractivity contribution in [3.8, 4) is 0 Å². The van der Waals surface area contributed by atoms with Crippen LogP contribution in [0.15, 0.2) is 33.6 Å². The SMILES string of the molecule is NC1CCC(OCCNS(=O)(=O)c2ccc(Br)cc2)CC1. The predicted molar refractivity (Wildman–Crippen MR) is 85.5 cm³/mol. The smallest absolute Gasteiger partial charge is 0.240 e. The largest absolute Gasteiger partial charge is 0.377 e. The molecule has 5 nitrogen and oxygen atoms in total. The summed E-state index contributed by atoms with van der Waals surface area (Å²) in [5, 5.41) is 0. The van der Waals surface area contributed by atoms with E-state index in [4.69, 9.17) is 10.5 Å². The first-order valence-corrected chi connectivity index (χ1v) is 9.37. The van der Waals surface area contributed by atoms with Crippen LogP contribution in [0.4, 0.5) is 0 Å². The average Bonchev–Trinajstić information content (AvgIpc) is 2.46. The molecule has 1 aliphatic carbocycles. The molecule has 0 atom stereocenters. The molecule has 0 saturated heterocycles. The molecule has 0 heterocycles. The number of hydrogen-bond donors (Lipinski definition) is 2. The number of hydrogen-bond acceptors (Lipinski definition) is 4. The normalized spacial score (nSPS) is 23.1. The molecule has 118 valence electrons. The second-order valence-corrected chi connectivity index (χ2v) is 7.94. The molecule has 21 heavy (non-hydrogen) atoms. The fourth-order valence-electron chi connectivity index (χ4n) is 2.35. The lowest BCUT2D eigenvalue weighted by Gasteiger charge is -2.26. The molecule has 1 fully saturated rings. The number of ether oxygens (including phenoxy) is 1. The van der Waals surface area contributed by atoms with E-state index in [2.05, 4.69) is 20.7 Å². The maximum Gasteiger partial charge on any atom is 0.240 e. The third-order valence-corrected chi connectivity index (χ3v) is 5.60. The molecular weight excluding hydrogens is 356 g/mol. The van der Waals surface area contributed by atoms with Crippen LogP contribution in [-0.2, 0) is 14.8 Å². The van der Waals surface area contributed by atoms with E-state index in [0.29, 0.717) is 12.6 Å². The topological polar surface area (TPSA) is 81.4 Å². The van der Waals surface area contributed by atoms with Crippen molar-refractivity contribution in [2.75, 3.05) is 13.2 Å². The lowest BCUT2D eigenvalue weighted by atomic mass is 9.94. The second kappa shape index (κ2) is 7.69. The first-order valence-electron chi connectivity index (χ1n) is 7.10. The van der Waals surface area contributed by atoms with Gasteiger partial charge in [0, 0.05) is 17.1 Å². The lowest BCUT2D eigenvalue weighted by Crippen LogP contribution is -2.33. The lowest BCUT2D eigenvalue weighted by molar-refractivity contribution is 0.0287. The van der Waals surface area contributed by atoms with Crippen LogP contribution >= 0.6 is 15.9 Å². The van der Waals surface area contributed by atoms with Gasteiger partial charge in [-0.3, -0.25) is 0 Å². The highest BCUT2D eigenvalue weighted by atomic mass is 79.9. The highest BCUT2D eigenvalue weighted by molar-refractivity contribution is 9.10. The molecule has 2 rings (SSSR count). The summed E-state index contributed by atoms with van der Waals surface area (Å²) >= 11 is 3.28. The first kappa shape index (κ1) is 16.9. The predicted octanol–water partition coefficient (Wildman–Crippen LogP) is 2.01. The molecule has 1 aromatic carbocycles. The molecule has 7 heteroatoms. The number of rotatable bonds is 6. The standard InChI is InChI=1S/C14H21BrN2O3S/c15-11-1-7-14(8-2-11)21(18,19)17-9-10-20-13-5-3-12(16)4-6-13/h1-2,7-8,12-13,17H,3-6,9-10,16H2. The summed E-state index contributed by atoms with van der Waals surface area (Å²) in [7, 11) is -3.46. The molecule has 1 aromatic rings. The second-order valence-electron chi connectivity index (χ2n) is 5.26. The van der Waals surface area contributed by atoms with Gasteiger partial charge in [0.25, 0.3) is 0 Å². The Labute approximate surface area is 134 Å². The third kappa shape index (κ3) is 5.34. The van der Waals surface area contributed by atoms with E-state index in [9.17, 15) is 8.42 Å². The van der Waals surface area contributed by atoms with Gasteiger partial charge in [-0.05, 0) is 49.9 Å². The Morgan fingerprint density at radius 2 is 1.81 bits per heavy atom. The Morgan fingerprint density at radius 1 is 1.19 bits per heavy atom. The number of sulfonamides is 1. The minimum Gasteiger partial charge on any atom is -0.377 e. The molecular formula is C14H21BrN2O3S. The van der Waals surface area contributed by atoms with Gasteiger partial charge in [0.05, 0.1) is 17.6 Å². The molecule has 1 saturated carbocycles. The van der Waals surface area contributed by atoms with E-state index in [1.807, 2.05) is 0 Å². The fraction of sp³-hybridized carbons (Fsp3) is 0.571. The molecule has 0 amide bonds. The first-order chi connectivity index (χ1) is 9.97. The van der Waals surface area contributed by atoms with Gasteiger partial charge in [-0.15, -0.1) is 0 Å². The van der Waals surface area contributed by atoms with Crippen molar-refractivity contribution >= 4 is 26.0 Å². The number of halogens is 1. The molecule has 1 aliphatic rings. The Bertz CT molecular complexity index is 540. The summed E-state index contributed by atoms with van der Waals surface area (Å²) < 4.78 is 33.2. The average molecular weight is 377 g/mol. The summed E-state index contributed by atoms with van der Waals surface area (Å²) in [5.74, 6) is 0. The van der Waals surface area contributed by atoms with Crippen LogP contribution in [0, 0.1) is 0 Å². The van der Waals surface area contributed by atoms with Crippen LogP contribution < -0.4 is 10.5 Å². The van der Waals surface area contributed by atoms with Crippen molar-refractivity contribution in [2.24, 2.45) is 5.73 Å². The Kier molecular flexibility index (Phi) is 6.19. The van der Waals surface area contributed by atoms with Crippen molar-refractivity contribution in [1.29, 1.82) is 0 Å². The summed E-state index contributed by atoms with van der Waals surface area (Å²) in [5.41, 5.74) is 5.83. The Balaban J connectivity index is 1.73. The molecule has 0 unspecified atom stereocenters. The van der Waals surface area contributed by atoms with Crippen molar-refractivity contribution in [3.63, 3.8) is 0 Å². The fourth-order valence-corrected chi connectivity index (χ4v) is 3.63. The van der Waals surface area contributed by atoms with Gasteiger partial charge in [0.2, 0.25) is 10.0 Å². The van der Waals surface area contributed by atoms with Crippen LogP contribution in [0.25, 0.3) is 0 Å². The van der Waals surface area contributed by atoms with Crippen LogP contribution in [-0.4, -0.2) is 33.7 Å². The van der Waals surface area contributed by atoms with Gasteiger partial charge in [-0.2, -0.15) is 0 Å². The summed E-state index contributed by atoms with van der Waals surface area (Å²) in [6, 6.07) is 6.83. The van der Waals surface area contributed by atoms with Crippen LogP contribution in [0.1, 0.15) is 25.7 Å². The van der Waals surface area contributed by atoms with E-state index in [0.717, 1.165) is 30.2 Å². The monoisotopic (exact) mass is 376 g/mol. The summed E-state index contributed by atoms with van der Waals surface area (Å²) in [6.45, 7) is 0.663. The quantitative estimate of drug-likeness (QED) is 0.744. The minimum atomic E-state index is -3.46. The van der Waals surface area contributed by atoms with Crippen molar-refractivity contribution in [2.45, 2.75) is 42.7 Å². The van der Waals surface area contributed by atoms with Crippen molar-refractivity contribution < 1.29 is 13.2 Å². The van der Waals surface area contributed by atoms with Gasteiger partial charge in [-0.25, -0.2) is 13.1 Å². The van der Waals surface area contributed by atoms with E-state index in [-0.39, 0.29) is 17.5 Å². The maximum atomic E-state index is 12.0. The summed E-state index contributed by atoms with van der Waals surface area (Å²) in [4.78, 5) is 0.259. The van der Waals surface area contributed by atoms with E-state index < -0.39 is 10.0 Å². The van der Waals surface area contributed by atoms with E-state index in [1.54, 1.807) is 24.3 Å². The molecule has 0 spiro atoms. The van der Waals surface area contributed by atoms with Gasteiger partial charge in [0.1, 0.15) is 0 Å². The highest BCUT2D eigenvalue weighted by Crippen LogP contribution is 2.19. The molecule has 3 N–H and O–H groups in total. The van der Waals surface area contributed by atoms with Crippen LogP contribution in [0.5, 0.6) is 0 Å². The van der Waals surface area contributed by atoms with Crippen LogP contribution in [0.2, 0.25) is 0 Å². The van der Waals surface area contributed by atoms with Gasteiger partial charge in [0.15, 0.2) is 0 Å². The Hall–Kier alpha value is -0.470. The molecule has 0 bridgehead atoms. The van der Waals surface area contributed by atoms with Gasteiger partial charge < -0.3 is 10.5 Å². The van der Waals surface area contributed by atoms with Gasteiger partial charge in [-0.1, -0.05) is 15.9 Å². The van der Waals surface area contributed by atoms with Crippen LogP contribution in [0.3, 0.4) is 0 Å². The zero-order valence-corrected chi connectivity index (χ0v) is 14.2. The van der Waals surface area contributed by atoms with Crippen molar-refractivity contribution in [3.05, 3.63) is 28.7 Å². The van der Waals surface area contributed by atoms with Gasteiger partial charge >= 0.3 is 0 Å². The van der Waals surface area contributed by atoms with E-state index >= 15 is 0 Å². The number of nitrogens with one attached hydrogen (secondary N) is 1. The molecule has 0 aromatic heterocycles. The zero-order chi connectivity index (χ0) is 15.3. The number of nitrogens with two attached hydrogens (primary N) is 1. The summed E-state index contributed by atoms with van der Waals surface area (Å²) in [6.07, 6.45) is 4.09.